The average Bonchev–Trinajstić information content (AvgIpc) is 2.42. The molecule has 0 saturated carbocycles. The number of nitrogens with one attached hydrogen (secondary N) is 1. The third kappa shape index (κ3) is 1.66. The molecule has 0 unspecified atom stereocenters. The highest BCUT2D eigenvalue weighted by molar-refractivity contribution is 5.58. The predicted molar refractivity (Wildman–Crippen MR) is 67.0 cm³/mol. The summed E-state index contributed by atoms with van der Waals surface area (Å²) in [6.07, 6.45) is 0. The number of nitrogens with zero attached hydrogens (tertiary/aromatic N) is 2. The van der Waals surface area contributed by atoms with Crippen molar-refractivity contribution in [2.75, 3.05) is 0 Å². The minimum Gasteiger partial charge on any atom is -0.299 e. The van der Waals surface area contributed by atoms with E-state index in [1.54, 1.807) is 6.07 Å². The van der Waals surface area contributed by atoms with E-state index in [1.165, 1.54) is 6.07 Å². The molecule has 1 aliphatic heterocycles. The molecular formula is C13H15N3O2. The molecule has 0 saturated heterocycles. The number of hydrogen-bond acceptors (Lipinski definition) is 4. The van der Waals surface area contributed by atoms with E-state index >= 15 is 0 Å². The van der Waals surface area contributed by atoms with Crippen LogP contribution in [0.2, 0.25) is 0 Å². The molecule has 1 aromatic rings. The molecule has 18 heavy (non-hydrogen) atoms. The van der Waals surface area contributed by atoms with Gasteiger partial charge in [0.05, 0.1) is 4.92 Å². The summed E-state index contributed by atoms with van der Waals surface area (Å²) in [4.78, 5) is 10.5. The molecule has 0 atom stereocenters. The minimum absolute atomic E-state index is 0.117. The molecule has 1 N–H and O–H groups in total. The number of nitro groups is 1. The molecule has 0 radical (unpaired) electrons. The zero-order valence-electron chi connectivity index (χ0n) is 10.9. The van der Waals surface area contributed by atoms with E-state index in [9.17, 15) is 10.1 Å². The van der Waals surface area contributed by atoms with E-state index in [2.05, 4.69) is 5.32 Å². The van der Waals surface area contributed by atoms with Gasteiger partial charge in [0.1, 0.15) is 11.6 Å². The Kier molecular flexibility index (Phi) is 2.46. The van der Waals surface area contributed by atoms with Crippen LogP contribution in [0.15, 0.2) is 12.1 Å². The van der Waals surface area contributed by atoms with Crippen LogP contribution >= 0.6 is 0 Å². The van der Waals surface area contributed by atoms with Gasteiger partial charge in [-0.3, -0.25) is 15.4 Å². The van der Waals surface area contributed by atoms with Gasteiger partial charge in [0.2, 0.25) is 0 Å². The van der Waals surface area contributed by atoms with Gasteiger partial charge in [-0.05, 0) is 44.9 Å². The van der Waals surface area contributed by atoms with Crippen molar-refractivity contribution in [3.8, 4) is 6.07 Å². The summed E-state index contributed by atoms with van der Waals surface area (Å²) in [5, 5.41) is 23.4. The number of rotatable bonds is 1. The first-order valence-corrected chi connectivity index (χ1v) is 5.72. The van der Waals surface area contributed by atoms with Crippen LogP contribution in [0.25, 0.3) is 0 Å². The molecule has 0 amide bonds. The third-order valence-corrected chi connectivity index (χ3v) is 3.42. The molecule has 1 aromatic carbocycles. The van der Waals surface area contributed by atoms with Crippen molar-refractivity contribution in [2.45, 2.75) is 38.8 Å². The van der Waals surface area contributed by atoms with Gasteiger partial charge in [0.15, 0.2) is 0 Å². The molecule has 0 spiro atoms. The van der Waals surface area contributed by atoms with Crippen LogP contribution in [0, 0.1) is 21.4 Å². The molecule has 2 rings (SSSR count). The zero-order chi connectivity index (χ0) is 13.7. The molecule has 0 aromatic heterocycles. The molecular weight excluding hydrogens is 230 g/mol. The Balaban J connectivity index is 2.78. The zero-order valence-corrected chi connectivity index (χ0v) is 10.9. The van der Waals surface area contributed by atoms with Crippen molar-refractivity contribution in [3.05, 3.63) is 38.9 Å². The van der Waals surface area contributed by atoms with Gasteiger partial charge in [-0.1, -0.05) is 0 Å². The van der Waals surface area contributed by atoms with Gasteiger partial charge in [0, 0.05) is 17.1 Å². The first kappa shape index (κ1) is 12.5. The van der Waals surface area contributed by atoms with Crippen LogP contribution in [0.4, 0.5) is 5.69 Å². The van der Waals surface area contributed by atoms with Crippen molar-refractivity contribution < 1.29 is 4.92 Å². The summed E-state index contributed by atoms with van der Waals surface area (Å²) in [5.41, 5.74) is 1.21. The normalized spacial score (nSPS) is 19.1. The molecule has 0 fully saturated rings. The lowest BCUT2D eigenvalue weighted by Crippen LogP contribution is -2.39. The van der Waals surface area contributed by atoms with E-state index in [0.717, 1.165) is 11.1 Å². The number of benzene rings is 1. The Bertz CT molecular complexity index is 583. The minimum atomic E-state index is -0.500. The van der Waals surface area contributed by atoms with Crippen LogP contribution in [-0.4, -0.2) is 4.92 Å². The summed E-state index contributed by atoms with van der Waals surface area (Å²) < 4.78 is 0. The van der Waals surface area contributed by atoms with Crippen molar-refractivity contribution >= 4 is 5.69 Å². The number of nitro benzene ring substituents is 1. The third-order valence-electron chi connectivity index (χ3n) is 3.42. The maximum absolute atomic E-state index is 11.0. The van der Waals surface area contributed by atoms with Crippen LogP contribution < -0.4 is 5.32 Å². The Labute approximate surface area is 106 Å². The van der Waals surface area contributed by atoms with Crippen LogP contribution in [0.1, 0.15) is 44.4 Å². The number of fused-ring (bicyclic) bond motifs is 1. The van der Waals surface area contributed by atoms with Gasteiger partial charge in [0.25, 0.3) is 5.69 Å². The van der Waals surface area contributed by atoms with Crippen LogP contribution in [0.3, 0.4) is 0 Å². The average molecular weight is 245 g/mol. The molecule has 0 bridgehead atoms. The lowest BCUT2D eigenvalue weighted by Gasteiger charge is -2.25. The predicted octanol–water partition coefficient (Wildman–Crippen LogP) is 2.54. The molecule has 0 aliphatic carbocycles. The maximum Gasteiger partial charge on any atom is 0.287 e. The van der Waals surface area contributed by atoms with Crippen molar-refractivity contribution in [3.63, 3.8) is 0 Å². The largest absolute Gasteiger partial charge is 0.299 e. The van der Waals surface area contributed by atoms with Gasteiger partial charge in [-0.25, -0.2) is 0 Å². The maximum atomic E-state index is 11.0. The molecule has 1 aliphatic rings. The molecule has 1 heterocycles. The van der Waals surface area contributed by atoms with Crippen LogP contribution in [-0.2, 0) is 11.1 Å². The standard InChI is InChI=1S/C13H15N3O2/c1-12(2)9-5-8(7-14)11(16(17)18)6-10(9)13(3,4)15-12/h5-6,15H,1-4H3. The molecule has 5 nitrogen and oxygen atoms in total. The van der Waals surface area contributed by atoms with Crippen molar-refractivity contribution in [1.82, 2.24) is 5.32 Å². The van der Waals surface area contributed by atoms with E-state index in [1.807, 2.05) is 33.8 Å². The van der Waals surface area contributed by atoms with Crippen molar-refractivity contribution in [2.24, 2.45) is 0 Å². The quantitative estimate of drug-likeness (QED) is 0.609. The summed E-state index contributed by atoms with van der Waals surface area (Å²) in [6.45, 7) is 7.98. The summed E-state index contributed by atoms with van der Waals surface area (Å²) in [5.74, 6) is 0. The highest BCUT2D eigenvalue weighted by Crippen LogP contribution is 2.43. The lowest BCUT2D eigenvalue weighted by atomic mass is 9.88. The fourth-order valence-corrected chi connectivity index (χ4v) is 2.78. The Morgan fingerprint density at radius 2 is 1.72 bits per heavy atom. The Morgan fingerprint density at radius 3 is 2.17 bits per heavy atom. The second-order valence-corrected chi connectivity index (χ2v) is 5.66. The Hall–Kier alpha value is -1.93. The van der Waals surface area contributed by atoms with E-state index in [-0.39, 0.29) is 22.3 Å². The number of hydrogen-bond donors (Lipinski definition) is 1. The van der Waals surface area contributed by atoms with Crippen molar-refractivity contribution in [1.29, 1.82) is 5.26 Å². The van der Waals surface area contributed by atoms with E-state index in [0.29, 0.717) is 0 Å². The second-order valence-electron chi connectivity index (χ2n) is 5.66. The smallest absolute Gasteiger partial charge is 0.287 e. The van der Waals surface area contributed by atoms with E-state index < -0.39 is 4.92 Å². The SMILES string of the molecule is CC1(C)NC(C)(C)c2cc([N+](=O)[O-])c(C#N)cc21. The van der Waals surface area contributed by atoms with Gasteiger partial charge < -0.3 is 0 Å². The van der Waals surface area contributed by atoms with Crippen LogP contribution in [0.5, 0.6) is 0 Å². The van der Waals surface area contributed by atoms with Gasteiger partial charge >= 0.3 is 0 Å². The topological polar surface area (TPSA) is 79.0 Å². The summed E-state index contributed by atoms with van der Waals surface area (Å²) in [7, 11) is 0. The Morgan fingerprint density at radius 1 is 1.22 bits per heavy atom. The second kappa shape index (κ2) is 3.53. The first-order chi connectivity index (χ1) is 8.19. The van der Waals surface area contributed by atoms with Gasteiger partial charge in [-0.15, -0.1) is 0 Å². The lowest BCUT2D eigenvalue weighted by molar-refractivity contribution is -0.385. The fourth-order valence-electron chi connectivity index (χ4n) is 2.78. The monoisotopic (exact) mass is 245 g/mol. The summed E-state index contributed by atoms with van der Waals surface area (Å²) in [6, 6.07) is 5.06. The summed E-state index contributed by atoms with van der Waals surface area (Å²) >= 11 is 0. The fraction of sp³-hybridized carbons (Fsp3) is 0.462. The van der Waals surface area contributed by atoms with E-state index in [4.69, 9.17) is 5.26 Å². The highest BCUT2D eigenvalue weighted by Gasteiger charge is 2.42. The first-order valence-electron chi connectivity index (χ1n) is 5.72. The number of nitriles is 1. The molecule has 94 valence electrons. The highest BCUT2D eigenvalue weighted by atomic mass is 16.6. The molecule has 5 heteroatoms. The van der Waals surface area contributed by atoms with Gasteiger partial charge in [-0.2, -0.15) is 5.26 Å².